The lowest BCUT2D eigenvalue weighted by molar-refractivity contribution is -0.143. The van der Waals surface area contributed by atoms with Crippen molar-refractivity contribution in [2.24, 2.45) is 0 Å². The van der Waals surface area contributed by atoms with E-state index in [1.54, 1.807) is 0 Å². The van der Waals surface area contributed by atoms with Crippen molar-refractivity contribution in [1.82, 2.24) is 0 Å². The smallest absolute Gasteiger partial charge is 0.305 e. The number of rotatable bonds is 7. The van der Waals surface area contributed by atoms with Gasteiger partial charge in [-0.05, 0) is 37.3 Å². The molecular weight excluding hydrogens is 216 g/mol. The molecule has 3 heteroatoms. The molecule has 94 valence electrons. The van der Waals surface area contributed by atoms with Crippen LogP contribution in [0.3, 0.4) is 0 Å². The van der Waals surface area contributed by atoms with E-state index in [0.717, 1.165) is 24.8 Å². The van der Waals surface area contributed by atoms with Crippen molar-refractivity contribution >= 4 is 5.97 Å². The SMILES string of the molecule is CCOC(=O)CCCCc1ccccc1CO. The van der Waals surface area contributed by atoms with Gasteiger partial charge in [-0.25, -0.2) is 0 Å². The number of aryl methyl sites for hydroxylation is 1. The zero-order valence-electron chi connectivity index (χ0n) is 10.3. The number of ether oxygens (including phenoxy) is 1. The first-order chi connectivity index (χ1) is 8.27. The summed E-state index contributed by atoms with van der Waals surface area (Å²) < 4.78 is 4.86. The van der Waals surface area contributed by atoms with Crippen LogP contribution in [0.1, 0.15) is 37.3 Å². The minimum Gasteiger partial charge on any atom is -0.466 e. The zero-order chi connectivity index (χ0) is 12.5. The average Bonchev–Trinajstić information content (AvgIpc) is 2.35. The Bertz CT molecular complexity index is 347. The van der Waals surface area contributed by atoms with E-state index in [2.05, 4.69) is 0 Å². The first-order valence-corrected chi connectivity index (χ1v) is 6.11. The van der Waals surface area contributed by atoms with Gasteiger partial charge in [-0.15, -0.1) is 0 Å². The number of carbonyl (C=O) groups is 1. The number of esters is 1. The van der Waals surface area contributed by atoms with Gasteiger partial charge in [-0.1, -0.05) is 24.3 Å². The van der Waals surface area contributed by atoms with Crippen LogP contribution in [0.5, 0.6) is 0 Å². The lowest BCUT2D eigenvalue weighted by Gasteiger charge is -2.06. The largest absolute Gasteiger partial charge is 0.466 e. The van der Waals surface area contributed by atoms with E-state index in [0.29, 0.717) is 13.0 Å². The standard InChI is InChI=1S/C14H20O3/c1-2-17-14(16)10-6-5-8-12-7-3-4-9-13(12)11-15/h3-4,7,9,15H,2,5-6,8,10-11H2,1H3. The van der Waals surface area contributed by atoms with Gasteiger partial charge in [0.15, 0.2) is 0 Å². The predicted octanol–water partition coefficient (Wildman–Crippen LogP) is 2.45. The highest BCUT2D eigenvalue weighted by Gasteiger charge is 2.03. The van der Waals surface area contributed by atoms with Crippen LogP contribution in [0.2, 0.25) is 0 Å². The van der Waals surface area contributed by atoms with Gasteiger partial charge in [-0.3, -0.25) is 4.79 Å². The number of aliphatic hydroxyl groups excluding tert-OH is 1. The van der Waals surface area contributed by atoms with Gasteiger partial charge in [0, 0.05) is 6.42 Å². The molecule has 1 aromatic carbocycles. The summed E-state index contributed by atoms with van der Waals surface area (Å²) in [5.41, 5.74) is 2.14. The summed E-state index contributed by atoms with van der Waals surface area (Å²) in [6.45, 7) is 2.34. The maximum Gasteiger partial charge on any atom is 0.305 e. The molecule has 1 rings (SSSR count). The van der Waals surface area contributed by atoms with E-state index in [1.807, 2.05) is 31.2 Å². The maximum absolute atomic E-state index is 11.1. The molecule has 0 aliphatic heterocycles. The Morgan fingerprint density at radius 1 is 1.24 bits per heavy atom. The number of hydrogen-bond donors (Lipinski definition) is 1. The fourth-order valence-corrected chi connectivity index (χ4v) is 1.77. The monoisotopic (exact) mass is 236 g/mol. The third kappa shape index (κ3) is 5.00. The van der Waals surface area contributed by atoms with Crippen LogP contribution in [-0.4, -0.2) is 17.7 Å². The molecule has 0 saturated carbocycles. The summed E-state index contributed by atoms with van der Waals surface area (Å²) in [4.78, 5) is 11.1. The molecular formula is C14H20O3. The molecule has 1 N–H and O–H groups in total. The summed E-state index contributed by atoms with van der Waals surface area (Å²) in [6, 6.07) is 7.85. The summed E-state index contributed by atoms with van der Waals surface area (Å²) in [6.07, 6.45) is 3.15. The van der Waals surface area contributed by atoms with E-state index in [1.165, 1.54) is 5.56 Å². The van der Waals surface area contributed by atoms with Gasteiger partial charge in [0.2, 0.25) is 0 Å². The molecule has 0 aromatic heterocycles. The summed E-state index contributed by atoms with van der Waals surface area (Å²) >= 11 is 0. The summed E-state index contributed by atoms with van der Waals surface area (Å²) in [7, 11) is 0. The highest BCUT2D eigenvalue weighted by Crippen LogP contribution is 2.12. The summed E-state index contributed by atoms with van der Waals surface area (Å²) in [5, 5.41) is 9.16. The summed E-state index contributed by atoms with van der Waals surface area (Å²) in [5.74, 6) is -0.122. The van der Waals surface area contributed by atoms with Crippen LogP contribution >= 0.6 is 0 Å². The molecule has 0 unspecified atom stereocenters. The topological polar surface area (TPSA) is 46.5 Å². The van der Waals surface area contributed by atoms with E-state index in [-0.39, 0.29) is 12.6 Å². The molecule has 3 nitrogen and oxygen atoms in total. The molecule has 0 saturated heterocycles. The normalized spacial score (nSPS) is 10.2. The van der Waals surface area contributed by atoms with Crippen LogP contribution < -0.4 is 0 Å². The number of hydrogen-bond acceptors (Lipinski definition) is 3. The van der Waals surface area contributed by atoms with E-state index >= 15 is 0 Å². The van der Waals surface area contributed by atoms with Crippen LogP contribution in [0.4, 0.5) is 0 Å². The highest BCUT2D eigenvalue weighted by molar-refractivity contribution is 5.69. The van der Waals surface area contributed by atoms with E-state index in [4.69, 9.17) is 9.84 Å². The van der Waals surface area contributed by atoms with Crippen molar-refractivity contribution in [2.45, 2.75) is 39.2 Å². The van der Waals surface area contributed by atoms with Gasteiger partial charge < -0.3 is 9.84 Å². The molecule has 0 amide bonds. The second kappa shape index (κ2) is 7.85. The minimum absolute atomic E-state index is 0.0774. The number of aliphatic hydroxyl groups is 1. The fourth-order valence-electron chi connectivity index (χ4n) is 1.77. The van der Waals surface area contributed by atoms with Crippen molar-refractivity contribution < 1.29 is 14.6 Å². The van der Waals surface area contributed by atoms with Crippen molar-refractivity contribution in [2.75, 3.05) is 6.61 Å². The van der Waals surface area contributed by atoms with Crippen LogP contribution in [-0.2, 0) is 22.6 Å². The second-order valence-electron chi connectivity index (χ2n) is 3.94. The Hall–Kier alpha value is -1.35. The molecule has 0 atom stereocenters. The third-order valence-corrected chi connectivity index (χ3v) is 2.67. The quantitative estimate of drug-likeness (QED) is 0.584. The Morgan fingerprint density at radius 2 is 1.94 bits per heavy atom. The van der Waals surface area contributed by atoms with Gasteiger partial charge >= 0.3 is 5.97 Å². The molecule has 0 aliphatic rings. The molecule has 0 heterocycles. The van der Waals surface area contributed by atoms with E-state index < -0.39 is 0 Å². The van der Waals surface area contributed by atoms with Crippen molar-refractivity contribution in [3.8, 4) is 0 Å². The lowest BCUT2D eigenvalue weighted by Crippen LogP contribution is -2.03. The van der Waals surface area contributed by atoms with Crippen molar-refractivity contribution in [3.05, 3.63) is 35.4 Å². The second-order valence-corrected chi connectivity index (χ2v) is 3.94. The predicted molar refractivity (Wildman–Crippen MR) is 66.6 cm³/mol. The molecule has 0 radical (unpaired) electrons. The molecule has 0 spiro atoms. The zero-order valence-corrected chi connectivity index (χ0v) is 10.3. The van der Waals surface area contributed by atoms with Crippen molar-refractivity contribution in [3.63, 3.8) is 0 Å². The van der Waals surface area contributed by atoms with Crippen LogP contribution in [0.15, 0.2) is 24.3 Å². The first-order valence-electron chi connectivity index (χ1n) is 6.11. The third-order valence-electron chi connectivity index (χ3n) is 2.67. The molecule has 1 aromatic rings. The molecule has 0 fully saturated rings. The fraction of sp³-hybridized carbons (Fsp3) is 0.500. The van der Waals surface area contributed by atoms with Gasteiger partial charge in [0.25, 0.3) is 0 Å². The van der Waals surface area contributed by atoms with Crippen LogP contribution in [0, 0.1) is 0 Å². The van der Waals surface area contributed by atoms with Crippen LogP contribution in [0.25, 0.3) is 0 Å². The number of unbranched alkanes of at least 4 members (excludes halogenated alkanes) is 1. The minimum atomic E-state index is -0.122. The van der Waals surface area contributed by atoms with Crippen molar-refractivity contribution in [1.29, 1.82) is 0 Å². The Balaban J connectivity index is 2.28. The van der Waals surface area contributed by atoms with E-state index in [9.17, 15) is 4.79 Å². The molecule has 17 heavy (non-hydrogen) atoms. The van der Waals surface area contributed by atoms with Gasteiger partial charge in [0.05, 0.1) is 13.2 Å². The van der Waals surface area contributed by atoms with Gasteiger partial charge in [-0.2, -0.15) is 0 Å². The van der Waals surface area contributed by atoms with Gasteiger partial charge in [0.1, 0.15) is 0 Å². The number of benzene rings is 1. The average molecular weight is 236 g/mol. The Kier molecular flexibility index (Phi) is 6.33. The Labute approximate surface area is 102 Å². The lowest BCUT2D eigenvalue weighted by atomic mass is 10.0. The first kappa shape index (κ1) is 13.7. The maximum atomic E-state index is 11.1. The molecule has 0 aliphatic carbocycles. The Morgan fingerprint density at radius 3 is 2.59 bits per heavy atom. The molecule has 0 bridgehead atoms. The highest BCUT2D eigenvalue weighted by atomic mass is 16.5. The number of carbonyl (C=O) groups excluding carboxylic acids is 1.